The maximum Gasteiger partial charge on any atom is 0.235 e. The van der Waals surface area contributed by atoms with Gasteiger partial charge in [0.2, 0.25) is 6.20 Å². The molecule has 0 atom stereocenters. The Balaban J connectivity index is 3.18. The number of rotatable bonds is 4. The van der Waals surface area contributed by atoms with E-state index < -0.39 is 4.92 Å². The molecule has 0 aliphatic rings. The summed E-state index contributed by atoms with van der Waals surface area (Å²) >= 11 is 3.29. The summed E-state index contributed by atoms with van der Waals surface area (Å²) in [7, 11) is 3.03. The zero-order chi connectivity index (χ0) is 12.1. The van der Waals surface area contributed by atoms with Crippen LogP contribution >= 0.6 is 15.9 Å². The van der Waals surface area contributed by atoms with Gasteiger partial charge in [-0.3, -0.25) is 10.1 Å². The summed E-state index contributed by atoms with van der Waals surface area (Å²) in [4.78, 5) is 9.69. The van der Waals surface area contributed by atoms with Crippen molar-refractivity contribution in [2.24, 2.45) is 0 Å². The smallest absolute Gasteiger partial charge is 0.235 e. The summed E-state index contributed by atoms with van der Waals surface area (Å²) in [6.07, 6.45) is 2.22. The van der Waals surface area contributed by atoms with Crippen LogP contribution in [0, 0.1) is 10.1 Å². The molecule has 0 aliphatic carbocycles. The van der Waals surface area contributed by atoms with Crippen LogP contribution in [0.4, 0.5) is 0 Å². The highest BCUT2D eigenvalue weighted by Crippen LogP contribution is 2.33. The number of benzene rings is 1. The van der Waals surface area contributed by atoms with Gasteiger partial charge in [0.25, 0.3) is 0 Å². The average molecular weight is 288 g/mol. The van der Waals surface area contributed by atoms with Crippen LogP contribution in [0.2, 0.25) is 0 Å². The normalized spacial score (nSPS) is 10.4. The van der Waals surface area contributed by atoms with Gasteiger partial charge in [0.1, 0.15) is 11.5 Å². The molecule has 0 saturated heterocycles. The third kappa shape index (κ3) is 2.96. The number of hydrogen-bond donors (Lipinski definition) is 0. The SMILES string of the molecule is COc1cc(OC)c(/C=C/[N+](=O)[O-])cc1Br. The maximum atomic E-state index is 10.2. The summed E-state index contributed by atoms with van der Waals surface area (Å²) in [6, 6.07) is 3.35. The minimum atomic E-state index is -0.530. The largest absolute Gasteiger partial charge is 0.496 e. The van der Waals surface area contributed by atoms with Crippen LogP contribution in [0.5, 0.6) is 11.5 Å². The van der Waals surface area contributed by atoms with Gasteiger partial charge in [-0.05, 0) is 22.0 Å². The zero-order valence-electron chi connectivity index (χ0n) is 8.77. The third-order valence-corrected chi connectivity index (χ3v) is 2.50. The van der Waals surface area contributed by atoms with E-state index >= 15 is 0 Å². The van der Waals surface area contributed by atoms with Crippen molar-refractivity contribution in [1.29, 1.82) is 0 Å². The molecule has 0 saturated carbocycles. The molecule has 5 nitrogen and oxygen atoms in total. The number of hydrogen-bond acceptors (Lipinski definition) is 4. The van der Waals surface area contributed by atoms with Crippen molar-refractivity contribution in [2.75, 3.05) is 14.2 Å². The second kappa shape index (κ2) is 5.50. The van der Waals surface area contributed by atoms with E-state index in [1.165, 1.54) is 20.3 Å². The van der Waals surface area contributed by atoms with Crippen LogP contribution in [0.15, 0.2) is 22.8 Å². The van der Waals surface area contributed by atoms with Crippen molar-refractivity contribution in [3.8, 4) is 11.5 Å². The monoisotopic (exact) mass is 287 g/mol. The molecule has 0 amide bonds. The van der Waals surface area contributed by atoms with Gasteiger partial charge < -0.3 is 9.47 Å². The van der Waals surface area contributed by atoms with Crippen LogP contribution < -0.4 is 9.47 Å². The van der Waals surface area contributed by atoms with Gasteiger partial charge in [-0.1, -0.05) is 0 Å². The maximum absolute atomic E-state index is 10.2. The van der Waals surface area contributed by atoms with Gasteiger partial charge >= 0.3 is 0 Å². The predicted octanol–water partition coefficient (Wildman–Crippen LogP) is 2.71. The van der Waals surface area contributed by atoms with Gasteiger partial charge in [0.15, 0.2) is 0 Å². The number of nitrogens with zero attached hydrogens (tertiary/aromatic N) is 1. The van der Waals surface area contributed by atoms with Crippen molar-refractivity contribution in [1.82, 2.24) is 0 Å². The molecule has 0 fully saturated rings. The van der Waals surface area contributed by atoms with Gasteiger partial charge in [0, 0.05) is 17.7 Å². The lowest BCUT2D eigenvalue weighted by molar-refractivity contribution is -0.400. The highest BCUT2D eigenvalue weighted by molar-refractivity contribution is 9.10. The molecule has 0 heterocycles. The lowest BCUT2D eigenvalue weighted by atomic mass is 10.2. The van der Waals surface area contributed by atoms with E-state index in [1.807, 2.05) is 0 Å². The van der Waals surface area contributed by atoms with Crippen molar-refractivity contribution >= 4 is 22.0 Å². The molecule has 0 aliphatic heterocycles. The minimum absolute atomic E-state index is 0.512. The molecular formula is C10H10BrNO4. The molecule has 0 N–H and O–H groups in total. The van der Waals surface area contributed by atoms with Gasteiger partial charge in [0.05, 0.1) is 23.6 Å². The molecule has 0 bridgehead atoms. The van der Waals surface area contributed by atoms with E-state index in [1.54, 1.807) is 12.1 Å². The number of ether oxygens (including phenoxy) is 2. The Morgan fingerprint density at radius 3 is 2.44 bits per heavy atom. The van der Waals surface area contributed by atoms with Crippen molar-refractivity contribution in [3.63, 3.8) is 0 Å². The minimum Gasteiger partial charge on any atom is -0.496 e. The summed E-state index contributed by atoms with van der Waals surface area (Å²) in [6.45, 7) is 0. The average Bonchev–Trinajstić information content (AvgIpc) is 2.26. The van der Waals surface area contributed by atoms with E-state index in [4.69, 9.17) is 9.47 Å². The first-order chi connectivity index (χ1) is 7.58. The summed E-state index contributed by atoms with van der Waals surface area (Å²) in [5, 5.41) is 10.2. The van der Waals surface area contributed by atoms with Crippen LogP contribution in [-0.2, 0) is 0 Å². The molecule has 0 radical (unpaired) electrons. The van der Waals surface area contributed by atoms with E-state index in [9.17, 15) is 10.1 Å². The highest BCUT2D eigenvalue weighted by Gasteiger charge is 2.08. The standard InChI is InChI=1S/C10H10BrNO4/c1-15-9-6-10(16-2)8(11)5-7(9)3-4-12(13)14/h3-6H,1-2H3/b4-3+. The molecule has 0 aromatic heterocycles. The Morgan fingerprint density at radius 2 is 1.94 bits per heavy atom. The van der Waals surface area contributed by atoms with Crippen molar-refractivity contribution in [2.45, 2.75) is 0 Å². The molecule has 1 rings (SSSR count). The third-order valence-electron chi connectivity index (χ3n) is 1.88. The number of halogens is 1. The molecular weight excluding hydrogens is 278 g/mol. The van der Waals surface area contributed by atoms with Crippen LogP contribution in [0.25, 0.3) is 6.08 Å². The van der Waals surface area contributed by atoms with Crippen molar-refractivity contribution < 1.29 is 14.4 Å². The predicted molar refractivity (Wildman–Crippen MR) is 63.3 cm³/mol. The summed E-state index contributed by atoms with van der Waals surface area (Å²) in [5.41, 5.74) is 0.604. The Labute approximate surface area is 101 Å². The fourth-order valence-corrected chi connectivity index (χ4v) is 1.68. The Kier molecular flexibility index (Phi) is 4.30. The zero-order valence-corrected chi connectivity index (χ0v) is 10.4. The number of nitro groups is 1. The molecule has 1 aromatic rings. The van der Waals surface area contributed by atoms with E-state index in [-0.39, 0.29) is 0 Å². The topological polar surface area (TPSA) is 61.6 Å². The second-order valence-corrected chi connectivity index (χ2v) is 3.68. The van der Waals surface area contributed by atoms with E-state index in [0.29, 0.717) is 21.5 Å². The number of methoxy groups -OCH3 is 2. The highest BCUT2D eigenvalue weighted by atomic mass is 79.9. The molecule has 1 aromatic carbocycles. The van der Waals surface area contributed by atoms with Crippen LogP contribution in [0.1, 0.15) is 5.56 Å². The molecule has 86 valence electrons. The van der Waals surface area contributed by atoms with Gasteiger partial charge in [-0.2, -0.15) is 0 Å². The Hall–Kier alpha value is -1.56. The first-order valence-electron chi connectivity index (χ1n) is 4.31. The fraction of sp³-hybridized carbons (Fsp3) is 0.200. The lowest BCUT2D eigenvalue weighted by Gasteiger charge is -2.08. The van der Waals surface area contributed by atoms with Crippen LogP contribution in [-0.4, -0.2) is 19.1 Å². The molecule has 16 heavy (non-hydrogen) atoms. The molecule has 0 unspecified atom stereocenters. The van der Waals surface area contributed by atoms with Crippen molar-refractivity contribution in [3.05, 3.63) is 38.5 Å². The first-order valence-corrected chi connectivity index (χ1v) is 5.11. The summed E-state index contributed by atoms with van der Waals surface area (Å²) in [5.74, 6) is 1.12. The van der Waals surface area contributed by atoms with Gasteiger partial charge in [-0.25, -0.2) is 0 Å². The molecule has 0 spiro atoms. The Bertz CT molecular complexity index is 431. The quantitative estimate of drug-likeness (QED) is 0.631. The molecule has 6 heteroatoms. The van der Waals surface area contributed by atoms with Gasteiger partial charge in [-0.15, -0.1) is 0 Å². The van der Waals surface area contributed by atoms with E-state index in [0.717, 1.165) is 6.20 Å². The first kappa shape index (κ1) is 12.5. The Morgan fingerprint density at radius 1 is 1.31 bits per heavy atom. The lowest BCUT2D eigenvalue weighted by Crippen LogP contribution is -1.92. The second-order valence-electron chi connectivity index (χ2n) is 2.83. The summed E-state index contributed by atoms with van der Waals surface area (Å²) < 4.78 is 10.9. The fourth-order valence-electron chi connectivity index (χ4n) is 1.15. The van der Waals surface area contributed by atoms with E-state index in [2.05, 4.69) is 15.9 Å². The van der Waals surface area contributed by atoms with Crippen LogP contribution in [0.3, 0.4) is 0 Å².